The summed E-state index contributed by atoms with van der Waals surface area (Å²) in [6.45, 7) is 0. The van der Waals surface area contributed by atoms with Crippen molar-refractivity contribution >= 4 is 51.8 Å². The monoisotopic (exact) mass is 949 g/mol. The van der Waals surface area contributed by atoms with Gasteiger partial charge in [-0.3, -0.25) is 0 Å². The fourth-order valence-corrected chi connectivity index (χ4v) is 10.7. The van der Waals surface area contributed by atoms with Gasteiger partial charge in [-0.05, 0) is 68.1 Å². The van der Waals surface area contributed by atoms with Crippen molar-refractivity contribution in [3.63, 3.8) is 0 Å². The van der Waals surface area contributed by atoms with Crippen molar-refractivity contribution in [2.45, 2.75) is 25.7 Å². The molecule has 0 atom stereocenters. The van der Waals surface area contributed by atoms with E-state index in [4.69, 9.17) is 0 Å². The van der Waals surface area contributed by atoms with Crippen molar-refractivity contribution in [2.24, 2.45) is 0 Å². The quantitative estimate of drug-likeness (QED) is 0.0846. The second-order valence-electron chi connectivity index (χ2n) is 14.2. The van der Waals surface area contributed by atoms with E-state index >= 15 is 0 Å². The second-order valence-corrected chi connectivity index (χ2v) is 16.6. The molecule has 7 aromatic carbocycles. The van der Waals surface area contributed by atoms with E-state index in [-0.39, 0.29) is 20.1 Å². The summed E-state index contributed by atoms with van der Waals surface area (Å²) in [6.07, 6.45) is 16.6. The van der Waals surface area contributed by atoms with Gasteiger partial charge in [-0.1, -0.05) is 194 Å². The Morgan fingerprint density at radius 1 is 0.379 bits per heavy atom. The summed E-state index contributed by atoms with van der Waals surface area (Å²) in [5.74, 6) is 0. The first-order valence-corrected chi connectivity index (χ1v) is 21.6. The Balaban J connectivity index is 0.000000162. The van der Waals surface area contributed by atoms with E-state index in [0.29, 0.717) is 0 Å². The van der Waals surface area contributed by atoms with Crippen LogP contribution in [-0.4, -0.2) is 15.9 Å². The third-order valence-electron chi connectivity index (χ3n) is 10.6. The summed E-state index contributed by atoms with van der Waals surface area (Å²) in [5, 5.41) is 8.57. The summed E-state index contributed by atoms with van der Waals surface area (Å²) in [4.78, 5) is 0. The van der Waals surface area contributed by atoms with Crippen LogP contribution in [0.3, 0.4) is 0 Å². The summed E-state index contributed by atoms with van der Waals surface area (Å²) in [6, 6.07) is 75.7. The fraction of sp³-hybridized carbons (Fsp3) is 0.0755. The zero-order valence-corrected chi connectivity index (χ0v) is 36.2. The van der Waals surface area contributed by atoms with Crippen molar-refractivity contribution in [2.75, 3.05) is 0 Å². The molecule has 0 saturated heterocycles. The number of nitrogens with zero attached hydrogens (tertiary/aromatic N) is 2. The maximum atomic E-state index is 4.45. The molecule has 1 heterocycles. The number of rotatable bonds is 8. The third-order valence-corrected chi connectivity index (χ3v) is 13.4. The number of para-hydroxylation sites is 1. The van der Waals surface area contributed by atoms with E-state index in [1.165, 1.54) is 63.4 Å². The number of aromatic nitrogens is 2. The van der Waals surface area contributed by atoms with Gasteiger partial charge in [0.2, 0.25) is 0 Å². The third kappa shape index (κ3) is 10.5. The molecule has 8 aromatic rings. The Morgan fingerprint density at radius 2 is 0.707 bits per heavy atom. The van der Waals surface area contributed by atoms with Crippen molar-refractivity contribution in [3.8, 4) is 5.69 Å². The molecule has 0 unspecified atom stereocenters. The number of hydrogen-bond acceptors (Lipinski definition) is 1. The predicted octanol–water partition coefficient (Wildman–Crippen LogP) is 9.10. The van der Waals surface area contributed by atoms with Crippen LogP contribution in [-0.2, 0) is 20.1 Å². The van der Waals surface area contributed by atoms with Crippen LogP contribution in [0, 0.1) is 0 Å². The molecular weight excluding hydrogens is 899 g/mol. The van der Waals surface area contributed by atoms with Gasteiger partial charge in [0.05, 0.1) is 0 Å². The van der Waals surface area contributed by atoms with Gasteiger partial charge in [-0.25, -0.2) is 4.68 Å². The molecular formula is C53H50BIrN2P. The Hall–Kier alpha value is -5.63. The summed E-state index contributed by atoms with van der Waals surface area (Å²) >= 11 is 0. The number of allylic oxidation sites excluding steroid dienone is 4. The van der Waals surface area contributed by atoms with E-state index in [2.05, 4.69) is 236 Å². The molecule has 1 aliphatic carbocycles. The van der Waals surface area contributed by atoms with Gasteiger partial charge in [0.1, 0.15) is 35.7 Å². The minimum Gasteiger partial charge on any atom is -0.237 e. The van der Waals surface area contributed by atoms with Crippen LogP contribution in [0.25, 0.3) is 5.69 Å². The first-order chi connectivity index (χ1) is 28.4. The van der Waals surface area contributed by atoms with Gasteiger partial charge in [-0.15, -0.1) is 0 Å². The fourth-order valence-electron chi connectivity index (χ4n) is 7.96. The Kier molecular flexibility index (Phi) is 16.2. The Labute approximate surface area is 360 Å². The maximum Gasteiger partial charge on any atom is 0.127 e. The molecule has 1 radical (unpaired) electrons. The molecule has 0 spiro atoms. The van der Waals surface area contributed by atoms with Gasteiger partial charge >= 0.3 is 0 Å². The van der Waals surface area contributed by atoms with Crippen molar-refractivity contribution in [3.05, 3.63) is 249 Å². The largest absolute Gasteiger partial charge is 0.237 e. The summed E-state index contributed by atoms with van der Waals surface area (Å²) in [7, 11) is -1.09. The predicted molar refractivity (Wildman–Crippen MR) is 250 cm³/mol. The molecule has 2 nitrogen and oxygen atoms in total. The van der Waals surface area contributed by atoms with Crippen molar-refractivity contribution in [1.29, 1.82) is 0 Å². The van der Waals surface area contributed by atoms with E-state index in [1.807, 2.05) is 23.1 Å². The molecule has 58 heavy (non-hydrogen) atoms. The zero-order chi connectivity index (χ0) is 38.8. The molecule has 0 saturated carbocycles. The van der Waals surface area contributed by atoms with E-state index in [9.17, 15) is 0 Å². The summed E-state index contributed by atoms with van der Waals surface area (Å²) in [5.41, 5.74) is 6.51. The standard InChI is InChI=1S/C24H20B.C21H17N2P.C8H12.Ir/c1-5-13-21(14-6-1)25(22-15-7-2-8-16-22,23-17-9-3-10-18-23)24-19-11-4-12-20-24;1-3-10-18(11-4-1)24(19-12-5-2-6-13-19)21-15-8-7-14-20(21)23-17-9-16-22-23;1-2-4-6-8-7-5-3-1;/h1-20H;1-17H;1-2,7-8H,3-6H2;/q-1;;;/p+1/b;;2-1-,8-7-;. The van der Waals surface area contributed by atoms with Gasteiger partial charge in [0.25, 0.3) is 0 Å². The van der Waals surface area contributed by atoms with E-state index in [1.54, 1.807) is 0 Å². The molecule has 5 heteroatoms. The molecule has 1 aliphatic rings. The Bertz CT molecular complexity index is 2160. The SMILES string of the molecule is C1=C\CC/C=C\CC/1.[Ir].c1ccc([B-](c2ccccc2)(c2ccccc2)c2ccccc2)cc1.c1ccc([PH+](c2ccccc2)c2ccccc2-n2cccn2)cc1. The van der Waals surface area contributed by atoms with Crippen LogP contribution in [0.2, 0.25) is 0 Å². The van der Waals surface area contributed by atoms with Gasteiger partial charge < -0.3 is 0 Å². The number of hydrogen-bond donors (Lipinski definition) is 0. The first kappa shape index (κ1) is 42.0. The minimum atomic E-state index is -1.22. The van der Waals surface area contributed by atoms with Crippen molar-refractivity contribution < 1.29 is 20.1 Å². The molecule has 0 fully saturated rings. The van der Waals surface area contributed by atoms with Crippen LogP contribution >= 0.6 is 7.92 Å². The molecule has 9 rings (SSSR count). The normalized spacial score (nSPS) is 13.2. The van der Waals surface area contributed by atoms with Crippen LogP contribution < -0.4 is 37.8 Å². The van der Waals surface area contributed by atoms with E-state index in [0.717, 1.165) is 5.69 Å². The Morgan fingerprint density at radius 3 is 1.05 bits per heavy atom. The molecule has 1 aromatic heterocycles. The molecule has 0 aliphatic heterocycles. The van der Waals surface area contributed by atoms with Crippen LogP contribution in [0.4, 0.5) is 0 Å². The average Bonchev–Trinajstić information content (AvgIpc) is 3.82. The van der Waals surface area contributed by atoms with Crippen LogP contribution in [0.15, 0.2) is 249 Å². The molecule has 0 bridgehead atoms. The van der Waals surface area contributed by atoms with Crippen LogP contribution in [0.1, 0.15) is 25.7 Å². The van der Waals surface area contributed by atoms with Gasteiger partial charge in [0.15, 0.2) is 0 Å². The van der Waals surface area contributed by atoms with Gasteiger partial charge in [-0.2, -0.15) is 26.9 Å². The zero-order valence-electron chi connectivity index (χ0n) is 32.8. The topological polar surface area (TPSA) is 17.8 Å². The van der Waals surface area contributed by atoms with E-state index < -0.39 is 14.1 Å². The van der Waals surface area contributed by atoms with Crippen LogP contribution in [0.5, 0.6) is 0 Å². The second kappa shape index (κ2) is 22.3. The van der Waals surface area contributed by atoms with Gasteiger partial charge in [0, 0.05) is 32.5 Å². The molecule has 0 amide bonds. The van der Waals surface area contributed by atoms with Crippen molar-refractivity contribution in [1.82, 2.24) is 9.78 Å². The molecule has 289 valence electrons. The summed E-state index contributed by atoms with van der Waals surface area (Å²) < 4.78 is 1.96. The minimum absolute atomic E-state index is 0. The first-order valence-electron chi connectivity index (χ1n) is 20.1. The number of benzene rings is 7. The average molecular weight is 949 g/mol. The maximum absolute atomic E-state index is 4.45. The molecule has 0 N–H and O–H groups in total. The smallest absolute Gasteiger partial charge is 0.127 e.